The van der Waals surface area contributed by atoms with Crippen LogP contribution in [-0.4, -0.2) is 26.0 Å². The zero-order valence-corrected chi connectivity index (χ0v) is 17.7. The van der Waals surface area contributed by atoms with E-state index in [1.54, 1.807) is 0 Å². The molecule has 0 radical (unpaired) electrons. The van der Waals surface area contributed by atoms with Gasteiger partial charge in [0.2, 0.25) is 11.1 Å². The van der Waals surface area contributed by atoms with Gasteiger partial charge in [-0.2, -0.15) is 0 Å². The van der Waals surface area contributed by atoms with Crippen LogP contribution in [0.3, 0.4) is 0 Å². The van der Waals surface area contributed by atoms with E-state index in [-0.39, 0.29) is 17.2 Å². The maximum absolute atomic E-state index is 13.3. The van der Waals surface area contributed by atoms with Crippen molar-refractivity contribution in [2.45, 2.75) is 50.1 Å². The zero-order valence-electron chi connectivity index (χ0n) is 16.8. The molecule has 1 aliphatic rings. The first-order valence-electron chi connectivity index (χ1n) is 9.87. The van der Waals surface area contributed by atoms with Gasteiger partial charge in [0, 0.05) is 12.1 Å². The van der Waals surface area contributed by atoms with Crippen LogP contribution in [0.1, 0.15) is 41.9 Å². The molecule has 29 heavy (non-hydrogen) atoms. The molecule has 0 bridgehead atoms. The second-order valence-electron chi connectivity index (χ2n) is 7.35. The third-order valence-corrected chi connectivity index (χ3v) is 6.26. The van der Waals surface area contributed by atoms with Crippen LogP contribution in [0.5, 0.6) is 0 Å². The van der Waals surface area contributed by atoms with E-state index in [1.807, 2.05) is 67.1 Å². The number of aryl methyl sites for hydroxylation is 3. The summed E-state index contributed by atoms with van der Waals surface area (Å²) < 4.78 is 1.94. The molecule has 1 amide bonds. The Morgan fingerprint density at radius 1 is 1.17 bits per heavy atom. The van der Waals surface area contributed by atoms with E-state index < -0.39 is 0 Å². The number of carbonyl (C=O) groups excluding carboxylic acids is 1. The van der Waals surface area contributed by atoms with Gasteiger partial charge >= 0.3 is 0 Å². The molecule has 7 heteroatoms. The molecule has 0 aliphatic carbocycles. The number of thioether (sulfide) groups is 1. The summed E-state index contributed by atoms with van der Waals surface area (Å²) in [6.07, 6.45) is 1.82. The van der Waals surface area contributed by atoms with Gasteiger partial charge in [-0.05, 0) is 43.0 Å². The Morgan fingerprint density at radius 2 is 1.97 bits per heavy atom. The minimum absolute atomic E-state index is 0.0451. The molecule has 0 unspecified atom stereocenters. The number of anilines is 1. The van der Waals surface area contributed by atoms with Gasteiger partial charge in [0.25, 0.3) is 0 Å². The Labute approximate surface area is 175 Å². The average Bonchev–Trinajstić information content (AvgIpc) is 3.12. The summed E-state index contributed by atoms with van der Waals surface area (Å²) >= 11 is 1.46. The highest BCUT2D eigenvalue weighted by molar-refractivity contribution is 8.00. The van der Waals surface area contributed by atoms with Crippen molar-refractivity contribution >= 4 is 23.4 Å². The summed E-state index contributed by atoms with van der Waals surface area (Å²) in [5.74, 6) is 0.848. The molecule has 0 saturated carbocycles. The fourth-order valence-corrected chi connectivity index (χ4v) is 4.57. The molecular formula is C22H25N5OS. The Bertz CT molecular complexity index is 1020. The Hall–Kier alpha value is -2.80. The molecule has 2 aromatic carbocycles. The van der Waals surface area contributed by atoms with Crippen LogP contribution in [0.4, 0.5) is 5.69 Å². The van der Waals surface area contributed by atoms with Crippen molar-refractivity contribution in [3.05, 3.63) is 71.0 Å². The quantitative estimate of drug-likeness (QED) is 0.662. The van der Waals surface area contributed by atoms with Gasteiger partial charge in [0.05, 0.1) is 6.04 Å². The number of nitrogens with zero attached hydrogens (tertiary/aromatic N) is 3. The van der Waals surface area contributed by atoms with Crippen LogP contribution in [0.25, 0.3) is 0 Å². The van der Waals surface area contributed by atoms with Crippen molar-refractivity contribution < 1.29 is 4.79 Å². The van der Waals surface area contributed by atoms with Crippen LogP contribution < -0.4 is 10.7 Å². The number of rotatable bonds is 5. The predicted molar refractivity (Wildman–Crippen MR) is 117 cm³/mol. The Morgan fingerprint density at radius 3 is 2.72 bits per heavy atom. The van der Waals surface area contributed by atoms with Crippen LogP contribution in [-0.2, 0) is 11.2 Å². The van der Waals surface area contributed by atoms with E-state index in [4.69, 9.17) is 0 Å². The largest absolute Gasteiger partial charge is 0.325 e. The van der Waals surface area contributed by atoms with E-state index in [0.717, 1.165) is 46.2 Å². The summed E-state index contributed by atoms with van der Waals surface area (Å²) in [5, 5.41) is 12.1. The van der Waals surface area contributed by atoms with Gasteiger partial charge in [0.15, 0.2) is 5.82 Å². The lowest BCUT2D eigenvalue weighted by Crippen LogP contribution is -2.41. The molecular weight excluding hydrogens is 382 g/mol. The number of fused-ring (bicyclic) bond motifs is 1. The zero-order chi connectivity index (χ0) is 20.4. The highest BCUT2D eigenvalue weighted by Gasteiger charge is 2.37. The number of aromatic nitrogens is 3. The summed E-state index contributed by atoms with van der Waals surface area (Å²) in [6.45, 7) is 6.15. The molecule has 1 aliphatic heterocycles. The maximum atomic E-state index is 13.3. The molecule has 3 aromatic rings. The molecule has 0 spiro atoms. The molecule has 4 rings (SSSR count). The molecule has 0 saturated heterocycles. The monoisotopic (exact) mass is 407 g/mol. The average molecular weight is 408 g/mol. The van der Waals surface area contributed by atoms with E-state index in [9.17, 15) is 4.79 Å². The summed E-state index contributed by atoms with van der Waals surface area (Å²) in [7, 11) is 0. The van der Waals surface area contributed by atoms with Gasteiger partial charge in [-0.25, -0.2) is 4.68 Å². The van der Waals surface area contributed by atoms with E-state index >= 15 is 0 Å². The molecule has 2 atom stereocenters. The SMILES string of the molecule is CCCc1nnc2n1N[C@H](c1ccccc1)[C@@H](C(=O)Nc1cc(C)ccc1C)S2. The second-order valence-corrected chi connectivity index (χ2v) is 8.46. The lowest BCUT2D eigenvalue weighted by atomic mass is 10.0. The molecule has 0 fully saturated rings. The van der Waals surface area contributed by atoms with Crippen LogP contribution in [0.15, 0.2) is 53.7 Å². The Balaban J connectivity index is 1.67. The van der Waals surface area contributed by atoms with Crippen LogP contribution >= 0.6 is 11.8 Å². The molecule has 6 nitrogen and oxygen atoms in total. The van der Waals surface area contributed by atoms with Crippen molar-refractivity contribution in [1.82, 2.24) is 14.9 Å². The fraction of sp³-hybridized carbons (Fsp3) is 0.318. The standard InChI is InChI=1S/C22H25N5OS/c1-4-8-18-24-25-22-27(18)26-19(16-9-6-5-7-10-16)20(29-22)21(28)23-17-13-14(2)11-12-15(17)3/h5-7,9-13,19-20,26H,4,8H2,1-3H3,(H,23,28)/t19-,20+/m1/s1. The van der Waals surface area contributed by atoms with Gasteiger partial charge in [-0.15, -0.1) is 10.2 Å². The van der Waals surface area contributed by atoms with Gasteiger partial charge in [0.1, 0.15) is 5.25 Å². The molecule has 150 valence electrons. The highest BCUT2D eigenvalue weighted by Crippen LogP contribution is 2.37. The number of carbonyl (C=O) groups is 1. The van der Waals surface area contributed by atoms with Crippen LogP contribution in [0.2, 0.25) is 0 Å². The lowest BCUT2D eigenvalue weighted by molar-refractivity contribution is -0.116. The summed E-state index contributed by atoms with van der Waals surface area (Å²) in [4.78, 5) is 13.3. The van der Waals surface area contributed by atoms with Gasteiger partial charge in [-0.1, -0.05) is 61.2 Å². The number of benzene rings is 2. The Kier molecular flexibility index (Phi) is 5.58. The molecule has 2 N–H and O–H groups in total. The van der Waals surface area contributed by atoms with Gasteiger partial charge in [-0.3, -0.25) is 4.79 Å². The van der Waals surface area contributed by atoms with Crippen molar-refractivity contribution in [3.8, 4) is 0 Å². The minimum Gasteiger partial charge on any atom is -0.325 e. The van der Waals surface area contributed by atoms with Crippen LogP contribution in [0, 0.1) is 13.8 Å². The number of hydrogen-bond donors (Lipinski definition) is 2. The van der Waals surface area contributed by atoms with Crippen molar-refractivity contribution in [2.24, 2.45) is 0 Å². The first-order valence-corrected chi connectivity index (χ1v) is 10.8. The smallest absolute Gasteiger partial charge is 0.240 e. The van der Waals surface area contributed by atoms with E-state index in [2.05, 4.69) is 27.9 Å². The van der Waals surface area contributed by atoms with E-state index in [1.165, 1.54) is 11.8 Å². The number of hydrogen-bond acceptors (Lipinski definition) is 5. The highest BCUT2D eigenvalue weighted by atomic mass is 32.2. The molecule has 2 heterocycles. The maximum Gasteiger partial charge on any atom is 0.240 e. The number of amides is 1. The predicted octanol–water partition coefficient (Wildman–Crippen LogP) is 4.25. The first kappa shape index (κ1) is 19.5. The lowest BCUT2D eigenvalue weighted by Gasteiger charge is -2.33. The molecule has 1 aromatic heterocycles. The summed E-state index contributed by atoms with van der Waals surface area (Å²) in [6, 6.07) is 16.0. The van der Waals surface area contributed by atoms with Crippen molar-refractivity contribution in [3.63, 3.8) is 0 Å². The van der Waals surface area contributed by atoms with Crippen molar-refractivity contribution in [2.75, 3.05) is 10.7 Å². The first-order chi connectivity index (χ1) is 14.1. The third kappa shape index (κ3) is 4.00. The number of nitrogens with one attached hydrogen (secondary N) is 2. The van der Waals surface area contributed by atoms with E-state index in [0.29, 0.717) is 0 Å². The topological polar surface area (TPSA) is 71.8 Å². The third-order valence-electron chi connectivity index (χ3n) is 5.05. The fourth-order valence-electron chi connectivity index (χ4n) is 3.47. The normalized spacial score (nSPS) is 18.0. The minimum atomic E-state index is -0.372. The van der Waals surface area contributed by atoms with Crippen molar-refractivity contribution in [1.29, 1.82) is 0 Å². The van der Waals surface area contributed by atoms with Gasteiger partial charge < -0.3 is 10.7 Å². The second kappa shape index (κ2) is 8.29. The summed E-state index contributed by atoms with van der Waals surface area (Å²) in [5.41, 5.74) is 7.56.